The SMILES string of the molecule is CCc1ccc(CNCC(CN)CC(C)(C)C)s1. The molecule has 0 saturated heterocycles. The fourth-order valence-corrected chi connectivity index (χ4v) is 3.14. The van der Waals surface area contributed by atoms with Crippen LogP contribution in [0.3, 0.4) is 0 Å². The predicted molar refractivity (Wildman–Crippen MR) is 82.0 cm³/mol. The Labute approximate surface area is 116 Å². The average molecular weight is 268 g/mol. The van der Waals surface area contributed by atoms with Crippen molar-refractivity contribution in [2.75, 3.05) is 13.1 Å². The highest BCUT2D eigenvalue weighted by Gasteiger charge is 2.17. The third-order valence-corrected chi connectivity index (χ3v) is 4.26. The van der Waals surface area contributed by atoms with Gasteiger partial charge in [-0.25, -0.2) is 0 Å². The molecule has 0 aliphatic carbocycles. The van der Waals surface area contributed by atoms with Crippen LogP contribution < -0.4 is 11.1 Å². The summed E-state index contributed by atoms with van der Waals surface area (Å²) in [5, 5.41) is 3.54. The van der Waals surface area contributed by atoms with Gasteiger partial charge in [0, 0.05) is 16.3 Å². The van der Waals surface area contributed by atoms with Gasteiger partial charge in [-0.3, -0.25) is 0 Å². The molecule has 0 aliphatic rings. The van der Waals surface area contributed by atoms with Gasteiger partial charge in [-0.05, 0) is 49.4 Å². The molecule has 104 valence electrons. The van der Waals surface area contributed by atoms with Gasteiger partial charge < -0.3 is 11.1 Å². The molecular weight excluding hydrogens is 240 g/mol. The maximum absolute atomic E-state index is 5.85. The van der Waals surface area contributed by atoms with Gasteiger partial charge >= 0.3 is 0 Å². The Morgan fingerprint density at radius 1 is 1.28 bits per heavy atom. The van der Waals surface area contributed by atoms with Crippen LogP contribution in [0.2, 0.25) is 0 Å². The molecule has 0 spiro atoms. The van der Waals surface area contributed by atoms with Gasteiger partial charge in [-0.2, -0.15) is 0 Å². The van der Waals surface area contributed by atoms with Gasteiger partial charge in [0.25, 0.3) is 0 Å². The lowest BCUT2D eigenvalue weighted by atomic mass is 9.84. The van der Waals surface area contributed by atoms with Gasteiger partial charge in [0.15, 0.2) is 0 Å². The van der Waals surface area contributed by atoms with E-state index in [4.69, 9.17) is 5.73 Å². The summed E-state index contributed by atoms with van der Waals surface area (Å²) >= 11 is 1.91. The van der Waals surface area contributed by atoms with E-state index in [0.717, 1.165) is 26.1 Å². The molecule has 18 heavy (non-hydrogen) atoms. The minimum atomic E-state index is 0.365. The zero-order valence-electron chi connectivity index (χ0n) is 12.3. The molecule has 2 nitrogen and oxygen atoms in total. The Hall–Kier alpha value is -0.380. The molecule has 0 aromatic carbocycles. The lowest BCUT2D eigenvalue weighted by Crippen LogP contribution is -2.30. The predicted octanol–water partition coefficient (Wildman–Crippen LogP) is 3.41. The van der Waals surface area contributed by atoms with Crippen molar-refractivity contribution in [1.29, 1.82) is 0 Å². The van der Waals surface area contributed by atoms with Crippen molar-refractivity contribution >= 4 is 11.3 Å². The standard InChI is InChI=1S/C15H28N2S/c1-5-13-6-7-14(18-13)11-17-10-12(9-16)8-15(2,3)4/h6-7,12,17H,5,8-11,16H2,1-4H3. The number of nitrogens with two attached hydrogens (primary N) is 1. The van der Waals surface area contributed by atoms with Crippen molar-refractivity contribution in [3.05, 3.63) is 21.9 Å². The summed E-state index contributed by atoms with van der Waals surface area (Å²) in [7, 11) is 0. The van der Waals surface area contributed by atoms with Crippen LogP contribution in [-0.4, -0.2) is 13.1 Å². The summed E-state index contributed by atoms with van der Waals surface area (Å²) in [4.78, 5) is 2.90. The molecule has 0 saturated carbocycles. The fourth-order valence-electron chi connectivity index (χ4n) is 2.21. The van der Waals surface area contributed by atoms with Crippen molar-refractivity contribution < 1.29 is 0 Å². The first-order valence-electron chi connectivity index (χ1n) is 6.93. The Kier molecular flexibility index (Phi) is 6.33. The Bertz CT molecular complexity index is 339. The minimum Gasteiger partial charge on any atom is -0.330 e. The molecule has 0 amide bonds. The van der Waals surface area contributed by atoms with Crippen LogP contribution in [0.1, 0.15) is 43.9 Å². The van der Waals surface area contributed by atoms with Gasteiger partial charge in [-0.1, -0.05) is 27.7 Å². The van der Waals surface area contributed by atoms with E-state index in [1.54, 1.807) is 0 Å². The summed E-state index contributed by atoms with van der Waals surface area (Å²) in [6.07, 6.45) is 2.32. The van der Waals surface area contributed by atoms with E-state index in [0.29, 0.717) is 11.3 Å². The van der Waals surface area contributed by atoms with E-state index in [2.05, 4.69) is 45.1 Å². The van der Waals surface area contributed by atoms with Gasteiger partial charge in [0.05, 0.1) is 0 Å². The number of hydrogen-bond donors (Lipinski definition) is 2. The van der Waals surface area contributed by atoms with Gasteiger partial charge in [0.2, 0.25) is 0 Å². The average Bonchev–Trinajstić information content (AvgIpc) is 2.74. The topological polar surface area (TPSA) is 38.0 Å². The first kappa shape index (κ1) is 15.7. The van der Waals surface area contributed by atoms with Gasteiger partial charge in [0.1, 0.15) is 0 Å². The van der Waals surface area contributed by atoms with Gasteiger partial charge in [-0.15, -0.1) is 11.3 Å². The highest BCUT2D eigenvalue weighted by Crippen LogP contribution is 2.23. The van der Waals surface area contributed by atoms with Crippen molar-refractivity contribution in [1.82, 2.24) is 5.32 Å². The molecule has 0 aliphatic heterocycles. The fraction of sp³-hybridized carbons (Fsp3) is 0.733. The molecular formula is C15H28N2S. The molecule has 1 heterocycles. The largest absolute Gasteiger partial charge is 0.330 e. The molecule has 1 aromatic heterocycles. The van der Waals surface area contributed by atoms with E-state index >= 15 is 0 Å². The number of nitrogens with one attached hydrogen (secondary N) is 1. The van der Waals surface area contributed by atoms with Crippen LogP contribution in [0.5, 0.6) is 0 Å². The molecule has 0 radical (unpaired) electrons. The first-order chi connectivity index (χ1) is 8.44. The maximum atomic E-state index is 5.85. The zero-order valence-corrected chi connectivity index (χ0v) is 13.1. The Morgan fingerprint density at radius 3 is 2.44 bits per heavy atom. The van der Waals surface area contributed by atoms with E-state index < -0.39 is 0 Å². The molecule has 1 unspecified atom stereocenters. The van der Waals surface area contributed by atoms with Crippen LogP contribution in [0, 0.1) is 11.3 Å². The van der Waals surface area contributed by atoms with Crippen LogP contribution in [0.25, 0.3) is 0 Å². The van der Waals surface area contributed by atoms with Crippen LogP contribution >= 0.6 is 11.3 Å². The quantitative estimate of drug-likeness (QED) is 0.795. The van der Waals surface area contributed by atoms with E-state index in [1.807, 2.05) is 11.3 Å². The second kappa shape index (κ2) is 7.27. The summed E-state index contributed by atoms with van der Waals surface area (Å²) in [5.41, 5.74) is 6.21. The van der Waals surface area contributed by atoms with Crippen LogP contribution in [0.4, 0.5) is 0 Å². The van der Waals surface area contributed by atoms with Crippen molar-refractivity contribution in [3.63, 3.8) is 0 Å². The summed E-state index contributed by atoms with van der Waals surface area (Å²) in [6.45, 7) is 11.8. The van der Waals surface area contributed by atoms with E-state index in [-0.39, 0.29) is 0 Å². The normalized spacial score (nSPS) is 13.8. The first-order valence-corrected chi connectivity index (χ1v) is 7.74. The number of aryl methyl sites for hydroxylation is 1. The number of thiophene rings is 1. The minimum absolute atomic E-state index is 0.365. The van der Waals surface area contributed by atoms with Crippen molar-refractivity contribution in [2.24, 2.45) is 17.1 Å². The smallest absolute Gasteiger partial charge is 0.0299 e. The zero-order chi connectivity index (χ0) is 13.6. The highest BCUT2D eigenvalue weighted by molar-refractivity contribution is 7.11. The Morgan fingerprint density at radius 2 is 1.94 bits per heavy atom. The summed E-state index contributed by atoms with van der Waals surface area (Å²) in [6, 6.07) is 4.47. The summed E-state index contributed by atoms with van der Waals surface area (Å²) < 4.78 is 0. The maximum Gasteiger partial charge on any atom is 0.0299 e. The Balaban J connectivity index is 2.31. The summed E-state index contributed by atoms with van der Waals surface area (Å²) in [5.74, 6) is 0.579. The molecule has 0 bridgehead atoms. The molecule has 3 N–H and O–H groups in total. The third-order valence-electron chi connectivity index (χ3n) is 3.03. The van der Waals surface area contributed by atoms with E-state index in [9.17, 15) is 0 Å². The highest BCUT2D eigenvalue weighted by atomic mass is 32.1. The second-order valence-corrected chi connectivity index (χ2v) is 7.47. The molecule has 1 atom stereocenters. The molecule has 1 aromatic rings. The number of rotatable bonds is 7. The number of hydrogen-bond acceptors (Lipinski definition) is 3. The van der Waals surface area contributed by atoms with Crippen molar-refractivity contribution in [2.45, 2.75) is 47.1 Å². The van der Waals surface area contributed by atoms with Crippen LogP contribution in [-0.2, 0) is 13.0 Å². The lowest BCUT2D eigenvalue weighted by molar-refractivity contribution is 0.290. The van der Waals surface area contributed by atoms with Crippen LogP contribution in [0.15, 0.2) is 12.1 Å². The molecule has 0 fully saturated rings. The lowest BCUT2D eigenvalue weighted by Gasteiger charge is -2.25. The second-order valence-electron chi connectivity index (χ2n) is 6.22. The monoisotopic (exact) mass is 268 g/mol. The molecule has 1 rings (SSSR count). The third kappa shape index (κ3) is 5.98. The molecule has 3 heteroatoms. The van der Waals surface area contributed by atoms with Crippen molar-refractivity contribution in [3.8, 4) is 0 Å². The van der Waals surface area contributed by atoms with E-state index in [1.165, 1.54) is 16.2 Å².